The molecule has 0 spiro atoms. The van der Waals surface area contributed by atoms with Gasteiger partial charge in [0.15, 0.2) is 0 Å². The van der Waals surface area contributed by atoms with Crippen LogP contribution in [0.4, 0.5) is 5.69 Å². The number of hydrogen-bond donors (Lipinski definition) is 1. The van der Waals surface area contributed by atoms with Gasteiger partial charge in [0.25, 0.3) is 0 Å². The summed E-state index contributed by atoms with van der Waals surface area (Å²) in [5.74, 6) is 0.912. The molecule has 116 valence electrons. The molecule has 1 aromatic carbocycles. The van der Waals surface area contributed by atoms with Gasteiger partial charge in [-0.1, -0.05) is 24.9 Å². The molecule has 1 aliphatic carbocycles. The lowest BCUT2D eigenvalue weighted by Crippen LogP contribution is -2.27. The van der Waals surface area contributed by atoms with Crippen LogP contribution >= 0.6 is 11.6 Å². The molecule has 0 aromatic heterocycles. The van der Waals surface area contributed by atoms with Crippen LogP contribution in [0.5, 0.6) is 0 Å². The van der Waals surface area contributed by atoms with Gasteiger partial charge in [0.1, 0.15) is 0 Å². The zero-order valence-corrected chi connectivity index (χ0v) is 13.8. The van der Waals surface area contributed by atoms with Crippen molar-refractivity contribution >= 4 is 17.3 Å². The lowest BCUT2D eigenvalue weighted by atomic mass is 9.98. The summed E-state index contributed by atoms with van der Waals surface area (Å²) in [7, 11) is 0. The molecule has 1 saturated carbocycles. The predicted molar refractivity (Wildman–Crippen MR) is 91.2 cm³/mol. The quantitative estimate of drug-likeness (QED) is 0.854. The fraction of sp³-hybridized carbons (Fsp3) is 0.667. The summed E-state index contributed by atoms with van der Waals surface area (Å²) in [6.45, 7) is 5.66. The molecule has 0 radical (unpaired) electrons. The van der Waals surface area contributed by atoms with E-state index in [9.17, 15) is 0 Å². The summed E-state index contributed by atoms with van der Waals surface area (Å²) in [6.07, 6.45) is 8.02. The SMILES string of the molecule is CCC1CCCN(c2ccc(Cl)cc2CNC2CC2)CC1. The Morgan fingerprint density at radius 2 is 2.05 bits per heavy atom. The molecule has 1 unspecified atom stereocenters. The number of halogens is 1. The first kappa shape index (κ1) is 15.2. The molecule has 2 aliphatic rings. The van der Waals surface area contributed by atoms with Gasteiger partial charge in [-0.25, -0.2) is 0 Å². The molecule has 21 heavy (non-hydrogen) atoms. The molecule has 3 rings (SSSR count). The second-order valence-corrected chi connectivity index (χ2v) is 7.06. The third-order valence-electron chi connectivity index (χ3n) is 4.97. The zero-order chi connectivity index (χ0) is 14.7. The Bertz CT molecular complexity index is 470. The Balaban J connectivity index is 1.72. The maximum atomic E-state index is 6.22. The lowest BCUT2D eigenvalue weighted by Gasteiger charge is -2.26. The zero-order valence-electron chi connectivity index (χ0n) is 13.1. The number of nitrogens with zero attached hydrogens (tertiary/aromatic N) is 1. The standard InChI is InChI=1S/C18H27ClN2/c1-2-14-4-3-10-21(11-9-14)18-8-5-16(19)12-15(18)13-20-17-6-7-17/h5,8,12,14,17,20H,2-4,6-7,9-11,13H2,1H3. The maximum Gasteiger partial charge on any atom is 0.0412 e. The van der Waals surface area contributed by atoms with E-state index in [1.54, 1.807) is 0 Å². The number of anilines is 1. The minimum absolute atomic E-state index is 0.741. The third kappa shape index (κ3) is 4.14. The van der Waals surface area contributed by atoms with Gasteiger partial charge in [0.05, 0.1) is 0 Å². The molecule has 1 aromatic rings. The summed E-state index contributed by atoms with van der Waals surface area (Å²) in [5.41, 5.74) is 2.76. The van der Waals surface area contributed by atoms with Crippen LogP contribution < -0.4 is 10.2 Å². The Labute approximate surface area is 133 Å². The van der Waals surface area contributed by atoms with Gasteiger partial charge in [-0.3, -0.25) is 0 Å². The van der Waals surface area contributed by atoms with Crippen LogP contribution in [-0.4, -0.2) is 19.1 Å². The fourth-order valence-electron chi connectivity index (χ4n) is 3.36. The van der Waals surface area contributed by atoms with E-state index in [2.05, 4.69) is 29.3 Å². The number of rotatable bonds is 5. The lowest BCUT2D eigenvalue weighted by molar-refractivity contribution is 0.459. The van der Waals surface area contributed by atoms with Crippen molar-refractivity contribution in [2.45, 2.75) is 58.0 Å². The van der Waals surface area contributed by atoms with Crippen LogP contribution in [0, 0.1) is 5.92 Å². The first-order valence-electron chi connectivity index (χ1n) is 8.53. The molecule has 2 fully saturated rings. The van der Waals surface area contributed by atoms with Crippen LogP contribution in [-0.2, 0) is 6.54 Å². The van der Waals surface area contributed by atoms with Crippen LogP contribution in [0.2, 0.25) is 5.02 Å². The molecule has 1 aliphatic heterocycles. The average Bonchev–Trinajstić information content (AvgIpc) is 3.32. The van der Waals surface area contributed by atoms with Crippen LogP contribution in [0.1, 0.15) is 51.0 Å². The molecular weight excluding hydrogens is 280 g/mol. The normalized spacial score (nSPS) is 23.1. The molecule has 1 heterocycles. The van der Waals surface area contributed by atoms with Gasteiger partial charge in [0, 0.05) is 36.4 Å². The predicted octanol–water partition coefficient (Wildman–Crippen LogP) is 4.61. The minimum Gasteiger partial charge on any atom is -0.371 e. The van der Waals surface area contributed by atoms with Gasteiger partial charge in [-0.2, -0.15) is 0 Å². The van der Waals surface area contributed by atoms with Gasteiger partial charge < -0.3 is 10.2 Å². The Morgan fingerprint density at radius 1 is 1.19 bits per heavy atom. The van der Waals surface area contributed by atoms with Crippen molar-refractivity contribution in [3.05, 3.63) is 28.8 Å². The molecule has 1 atom stereocenters. The summed E-state index contributed by atoms with van der Waals surface area (Å²) in [5, 5.41) is 4.48. The molecule has 3 heteroatoms. The van der Waals surface area contributed by atoms with Crippen LogP contribution in [0.15, 0.2) is 18.2 Å². The number of hydrogen-bond acceptors (Lipinski definition) is 2. The summed E-state index contributed by atoms with van der Waals surface area (Å²) < 4.78 is 0. The summed E-state index contributed by atoms with van der Waals surface area (Å²) in [4.78, 5) is 2.58. The highest BCUT2D eigenvalue weighted by Gasteiger charge is 2.22. The molecule has 0 bridgehead atoms. The van der Waals surface area contributed by atoms with Crippen LogP contribution in [0.3, 0.4) is 0 Å². The highest BCUT2D eigenvalue weighted by atomic mass is 35.5. The topological polar surface area (TPSA) is 15.3 Å². The highest BCUT2D eigenvalue weighted by molar-refractivity contribution is 6.30. The minimum atomic E-state index is 0.741. The van der Waals surface area contributed by atoms with Crippen molar-refractivity contribution in [1.29, 1.82) is 0 Å². The third-order valence-corrected chi connectivity index (χ3v) is 5.20. The fourth-order valence-corrected chi connectivity index (χ4v) is 3.56. The number of benzene rings is 1. The van der Waals surface area contributed by atoms with Gasteiger partial charge in [-0.05, 0) is 61.8 Å². The Hall–Kier alpha value is -0.730. The summed E-state index contributed by atoms with van der Waals surface area (Å²) in [6, 6.07) is 7.15. The first-order valence-corrected chi connectivity index (χ1v) is 8.91. The van der Waals surface area contributed by atoms with Crippen molar-refractivity contribution < 1.29 is 0 Å². The van der Waals surface area contributed by atoms with Gasteiger partial charge >= 0.3 is 0 Å². The van der Waals surface area contributed by atoms with Gasteiger partial charge in [0.2, 0.25) is 0 Å². The Morgan fingerprint density at radius 3 is 2.81 bits per heavy atom. The van der Waals surface area contributed by atoms with E-state index in [4.69, 9.17) is 11.6 Å². The van der Waals surface area contributed by atoms with E-state index in [-0.39, 0.29) is 0 Å². The van der Waals surface area contributed by atoms with Crippen molar-refractivity contribution in [3.8, 4) is 0 Å². The maximum absolute atomic E-state index is 6.22. The first-order chi connectivity index (χ1) is 10.3. The molecule has 0 amide bonds. The van der Waals surface area contributed by atoms with Crippen molar-refractivity contribution in [2.24, 2.45) is 5.92 Å². The number of nitrogens with one attached hydrogen (secondary N) is 1. The largest absolute Gasteiger partial charge is 0.371 e. The van der Waals surface area contributed by atoms with E-state index >= 15 is 0 Å². The second kappa shape index (κ2) is 7.02. The van der Waals surface area contributed by atoms with E-state index in [0.717, 1.165) is 23.5 Å². The molecular formula is C18H27ClN2. The van der Waals surface area contributed by atoms with Crippen LogP contribution in [0.25, 0.3) is 0 Å². The summed E-state index contributed by atoms with van der Waals surface area (Å²) >= 11 is 6.22. The molecule has 1 saturated heterocycles. The van der Waals surface area contributed by atoms with Crippen molar-refractivity contribution in [2.75, 3.05) is 18.0 Å². The second-order valence-electron chi connectivity index (χ2n) is 6.62. The average molecular weight is 307 g/mol. The monoisotopic (exact) mass is 306 g/mol. The van der Waals surface area contributed by atoms with E-state index in [1.807, 2.05) is 6.07 Å². The van der Waals surface area contributed by atoms with Crippen molar-refractivity contribution in [1.82, 2.24) is 5.32 Å². The van der Waals surface area contributed by atoms with E-state index in [1.165, 1.54) is 62.9 Å². The Kier molecular flexibility index (Phi) is 5.07. The van der Waals surface area contributed by atoms with Crippen molar-refractivity contribution in [3.63, 3.8) is 0 Å². The van der Waals surface area contributed by atoms with E-state index in [0.29, 0.717) is 0 Å². The van der Waals surface area contributed by atoms with Gasteiger partial charge in [-0.15, -0.1) is 0 Å². The van der Waals surface area contributed by atoms with E-state index < -0.39 is 0 Å². The highest BCUT2D eigenvalue weighted by Crippen LogP contribution is 2.29. The smallest absolute Gasteiger partial charge is 0.0412 e. The molecule has 1 N–H and O–H groups in total. The molecule has 2 nitrogen and oxygen atoms in total.